The van der Waals surface area contributed by atoms with Crippen LogP contribution >= 0.6 is 11.8 Å². The number of imide groups is 1. The van der Waals surface area contributed by atoms with Crippen molar-refractivity contribution in [2.45, 2.75) is 44.2 Å². The highest BCUT2D eigenvalue weighted by Crippen LogP contribution is 2.27. The van der Waals surface area contributed by atoms with E-state index in [1.807, 2.05) is 19.2 Å². The van der Waals surface area contributed by atoms with Crippen molar-refractivity contribution in [3.63, 3.8) is 0 Å². The van der Waals surface area contributed by atoms with Crippen molar-refractivity contribution in [1.82, 2.24) is 20.6 Å². The summed E-state index contributed by atoms with van der Waals surface area (Å²) in [4.78, 5) is 34.5. The summed E-state index contributed by atoms with van der Waals surface area (Å²) in [5.74, 6) is 0.0221. The summed E-state index contributed by atoms with van der Waals surface area (Å²) in [6, 6.07) is 9.23. The smallest absolute Gasteiger partial charge is 0.290 e. The number of nitrogens with zero attached hydrogens (tertiary/aromatic N) is 3. The molecule has 2 heterocycles. The van der Waals surface area contributed by atoms with E-state index in [2.05, 4.69) is 25.5 Å². The monoisotopic (exact) mass is 455 g/mol. The summed E-state index contributed by atoms with van der Waals surface area (Å²) in [6.07, 6.45) is 8.39. The largest absolute Gasteiger partial charge is 0.341 e. The molecule has 7 nitrogen and oxygen atoms in total. The lowest BCUT2D eigenvalue weighted by molar-refractivity contribution is -0.115. The van der Waals surface area contributed by atoms with Gasteiger partial charge in [0.15, 0.2) is 0 Å². The van der Waals surface area contributed by atoms with Crippen LogP contribution in [0.3, 0.4) is 0 Å². The third-order valence-corrected chi connectivity index (χ3v) is 6.72. The highest BCUT2D eigenvalue weighted by atomic mass is 32.2. The number of aromatic nitrogens is 2. The van der Waals surface area contributed by atoms with Crippen molar-refractivity contribution in [2.75, 3.05) is 18.5 Å². The first-order valence-electron chi connectivity index (χ1n) is 10.8. The zero-order valence-electron chi connectivity index (χ0n) is 17.9. The molecule has 0 unspecified atom stereocenters. The van der Waals surface area contributed by atoms with Gasteiger partial charge in [0.2, 0.25) is 5.95 Å². The molecule has 1 aromatic carbocycles. The summed E-state index contributed by atoms with van der Waals surface area (Å²) in [5.41, 5.74) is 1.74. The Morgan fingerprint density at radius 3 is 2.62 bits per heavy atom. The summed E-state index contributed by atoms with van der Waals surface area (Å²) in [7, 11) is 2.00. The van der Waals surface area contributed by atoms with Crippen LogP contribution in [0.15, 0.2) is 41.4 Å². The van der Waals surface area contributed by atoms with E-state index in [0.717, 1.165) is 56.0 Å². The zero-order chi connectivity index (χ0) is 22.5. The molecule has 2 amide bonds. The Kier molecular flexibility index (Phi) is 7.16. The van der Waals surface area contributed by atoms with Gasteiger partial charge < -0.3 is 10.2 Å². The van der Waals surface area contributed by atoms with Crippen LogP contribution in [-0.2, 0) is 11.2 Å². The molecule has 2 fully saturated rings. The van der Waals surface area contributed by atoms with E-state index in [4.69, 9.17) is 0 Å². The van der Waals surface area contributed by atoms with E-state index in [9.17, 15) is 14.0 Å². The molecule has 0 radical (unpaired) electrons. The van der Waals surface area contributed by atoms with Crippen molar-refractivity contribution >= 4 is 34.9 Å². The molecule has 1 saturated heterocycles. The van der Waals surface area contributed by atoms with E-state index in [-0.39, 0.29) is 11.1 Å². The molecule has 2 aromatic rings. The van der Waals surface area contributed by atoms with Crippen LogP contribution in [0.5, 0.6) is 0 Å². The molecule has 1 aliphatic carbocycles. The van der Waals surface area contributed by atoms with Crippen LogP contribution < -0.4 is 15.5 Å². The van der Waals surface area contributed by atoms with Gasteiger partial charge in [0.1, 0.15) is 5.82 Å². The number of nitrogens with one attached hydrogen (secondary N) is 2. The molecule has 0 spiro atoms. The molecule has 2 N–H and O–H groups in total. The van der Waals surface area contributed by atoms with Gasteiger partial charge in [-0.3, -0.25) is 14.9 Å². The van der Waals surface area contributed by atoms with E-state index < -0.39 is 5.91 Å². The Hall–Kier alpha value is -2.78. The van der Waals surface area contributed by atoms with Gasteiger partial charge >= 0.3 is 0 Å². The molecule has 0 bridgehead atoms. The average Bonchev–Trinajstić information content (AvgIpc) is 3.11. The predicted molar refractivity (Wildman–Crippen MR) is 124 cm³/mol. The predicted octanol–water partition coefficient (Wildman–Crippen LogP) is 3.52. The number of anilines is 1. The first-order chi connectivity index (χ1) is 15.5. The molecular formula is C23H26FN5O2S. The summed E-state index contributed by atoms with van der Waals surface area (Å²) < 4.78 is 13.0. The van der Waals surface area contributed by atoms with Gasteiger partial charge in [0, 0.05) is 25.3 Å². The van der Waals surface area contributed by atoms with Crippen molar-refractivity contribution in [3.8, 4) is 0 Å². The number of halogens is 1. The lowest BCUT2D eigenvalue weighted by Crippen LogP contribution is -2.42. The first kappa shape index (κ1) is 22.4. The highest BCUT2D eigenvalue weighted by Gasteiger charge is 2.27. The SMILES string of the molecule is CN(c1nccc(C=C2SC(=O)NC2=O)n1)C1CCC(NCCc2ccc(F)cc2)CC1. The van der Waals surface area contributed by atoms with Gasteiger partial charge in [0.05, 0.1) is 10.6 Å². The Labute approximate surface area is 190 Å². The molecular weight excluding hydrogens is 429 g/mol. The third-order valence-electron chi connectivity index (χ3n) is 5.91. The Balaban J connectivity index is 1.27. The minimum absolute atomic E-state index is 0.201. The molecule has 0 atom stereocenters. The minimum atomic E-state index is -0.390. The van der Waals surface area contributed by atoms with Crippen molar-refractivity contribution < 1.29 is 14.0 Å². The van der Waals surface area contributed by atoms with Crippen molar-refractivity contribution in [2.24, 2.45) is 0 Å². The van der Waals surface area contributed by atoms with Gasteiger partial charge in [-0.2, -0.15) is 0 Å². The molecule has 168 valence electrons. The number of benzene rings is 1. The van der Waals surface area contributed by atoms with Gasteiger partial charge in [-0.15, -0.1) is 0 Å². The fourth-order valence-corrected chi connectivity index (χ4v) is 4.74. The van der Waals surface area contributed by atoms with Crippen LogP contribution in [0, 0.1) is 5.82 Å². The number of hydrogen-bond acceptors (Lipinski definition) is 7. The van der Waals surface area contributed by atoms with Crippen LogP contribution in [0.2, 0.25) is 0 Å². The Morgan fingerprint density at radius 2 is 1.94 bits per heavy atom. The van der Waals surface area contributed by atoms with Gasteiger partial charge in [-0.25, -0.2) is 14.4 Å². The number of thioether (sulfide) groups is 1. The Bertz CT molecular complexity index is 1010. The first-order valence-corrected chi connectivity index (χ1v) is 11.6. The maximum atomic E-state index is 13.0. The number of rotatable bonds is 7. The second-order valence-corrected chi connectivity index (χ2v) is 9.10. The average molecular weight is 456 g/mol. The van der Waals surface area contributed by atoms with Crippen LogP contribution in [0.25, 0.3) is 6.08 Å². The van der Waals surface area contributed by atoms with Crippen LogP contribution in [0.1, 0.15) is 36.9 Å². The number of carbonyl (C=O) groups excluding carboxylic acids is 2. The fraction of sp³-hybridized carbons (Fsp3) is 0.391. The van der Waals surface area contributed by atoms with Gasteiger partial charge in [-0.1, -0.05) is 12.1 Å². The van der Waals surface area contributed by atoms with Gasteiger partial charge in [0.25, 0.3) is 11.1 Å². The molecule has 32 heavy (non-hydrogen) atoms. The topological polar surface area (TPSA) is 87.2 Å². The summed E-state index contributed by atoms with van der Waals surface area (Å²) in [6.45, 7) is 0.880. The molecule has 4 rings (SSSR count). The van der Waals surface area contributed by atoms with E-state index in [1.165, 1.54) is 12.1 Å². The molecule has 1 aliphatic heterocycles. The lowest BCUT2D eigenvalue weighted by Gasteiger charge is -2.35. The number of amides is 2. The number of carbonyl (C=O) groups is 2. The minimum Gasteiger partial charge on any atom is -0.341 e. The lowest BCUT2D eigenvalue weighted by atomic mass is 9.90. The fourth-order valence-electron chi connectivity index (χ4n) is 4.07. The normalized spacial score (nSPS) is 22.2. The maximum Gasteiger partial charge on any atom is 0.290 e. The molecule has 2 aliphatic rings. The summed E-state index contributed by atoms with van der Waals surface area (Å²) >= 11 is 0.880. The molecule has 9 heteroatoms. The van der Waals surface area contributed by atoms with E-state index in [0.29, 0.717) is 28.6 Å². The summed E-state index contributed by atoms with van der Waals surface area (Å²) in [5, 5.41) is 5.51. The van der Waals surface area contributed by atoms with Crippen molar-refractivity contribution in [3.05, 3.63) is 58.5 Å². The quantitative estimate of drug-likeness (QED) is 0.618. The maximum absolute atomic E-state index is 13.0. The Morgan fingerprint density at radius 1 is 1.19 bits per heavy atom. The highest BCUT2D eigenvalue weighted by molar-refractivity contribution is 8.18. The second-order valence-electron chi connectivity index (χ2n) is 8.08. The van der Waals surface area contributed by atoms with Crippen molar-refractivity contribution in [1.29, 1.82) is 0 Å². The van der Waals surface area contributed by atoms with Gasteiger partial charge in [-0.05, 0) is 80.2 Å². The standard InChI is InChI=1S/C23H26FN5O2S/c1-29(22-26-13-11-18(27-22)14-20-21(30)28-23(31)32-20)19-8-6-17(7-9-19)25-12-10-15-2-4-16(24)5-3-15/h2-5,11,13-14,17,19,25H,6-10,12H2,1H3,(H,28,30,31). The van der Waals surface area contributed by atoms with E-state index in [1.54, 1.807) is 18.3 Å². The molecule has 1 aromatic heterocycles. The third kappa shape index (κ3) is 5.72. The van der Waals surface area contributed by atoms with E-state index >= 15 is 0 Å². The number of hydrogen-bond donors (Lipinski definition) is 2. The molecule has 1 saturated carbocycles. The zero-order valence-corrected chi connectivity index (χ0v) is 18.7. The second kappa shape index (κ2) is 10.2. The van der Waals surface area contributed by atoms with Crippen LogP contribution in [0.4, 0.5) is 15.1 Å². The van der Waals surface area contributed by atoms with Crippen LogP contribution in [-0.4, -0.2) is 46.8 Å².